The van der Waals surface area contributed by atoms with E-state index in [-0.39, 0.29) is 41.2 Å². The molecule has 5 aliphatic rings. The highest BCUT2D eigenvalue weighted by Crippen LogP contribution is 2.72. The van der Waals surface area contributed by atoms with Crippen molar-refractivity contribution in [3.63, 3.8) is 0 Å². The molecule has 0 aromatic carbocycles. The van der Waals surface area contributed by atoms with Gasteiger partial charge in [-0.3, -0.25) is 0 Å². The molecule has 0 saturated heterocycles. The summed E-state index contributed by atoms with van der Waals surface area (Å²) in [5, 5.41) is 35.4. The second-order valence-corrected chi connectivity index (χ2v) is 11.8. The maximum absolute atomic E-state index is 12.5. The van der Waals surface area contributed by atoms with Crippen LogP contribution in [-0.2, 0) is 4.74 Å². The first kappa shape index (κ1) is 21.6. The lowest BCUT2D eigenvalue weighted by atomic mass is 9.35. The van der Waals surface area contributed by atoms with E-state index in [0.717, 1.165) is 44.1 Å². The fraction of sp³-hybridized carbons (Fsp3) is 0.720. The van der Waals surface area contributed by atoms with Crippen LogP contribution in [0, 0.1) is 34.0 Å². The van der Waals surface area contributed by atoms with Gasteiger partial charge < -0.3 is 20.1 Å². The minimum absolute atomic E-state index is 0.0420. The van der Waals surface area contributed by atoms with Gasteiger partial charge in [-0.05, 0) is 73.3 Å². The molecule has 3 N–H and O–H groups in total. The molecule has 5 saturated carbocycles. The number of thiophene rings is 1. The average Bonchev–Trinajstić information content (AvgIpc) is 3.31. The molecule has 6 rings (SSSR count). The predicted molar refractivity (Wildman–Crippen MR) is 119 cm³/mol. The molecule has 1 spiro atoms. The second-order valence-electron chi connectivity index (χ2n) is 10.9. The molecule has 2 bridgehead atoms. The molecule has 5 nitrogen and oxygen atoms in total. The first-order valence-electron chi connectivity index (χ1n) is 11.6. The van der Waals surface area contributed by atoms with Crippen LogP contribution in [0.4, 0.5) is 0 Å². The number of rotatable bonds is 4. The summed E-state index contributed by atoms with van der Waals surface area (Å²) < 4.78 is 5.78. The van der Waals surface area contributed by atoms with Crippen LogP contribution in [0.3, 0.4) is 0 Å². The number of fused-ring (bicyclic) bond motifs is 3. The lowest BCUT2D eigenvalue weighted by Gasteiger charge is -2.70. The number of ether oxygens (including phenoxy) is 1. The van der Waals surface area contributed by atoms with Crippen molar-refractivity contribution in [1.82, 2.24) is 0 Å². The van der Waals surface area contributed by atoms with E-state index in [2.05, 4.69) is 13.5 Å². The molecule has 2 unspecified atom stereocenters. The molecule has 170 valence electrons. The average molecular weight is 447 g/mol. The molecular weight excluding hydrogens is 412 g/mol. The maximum Gasteiger partial charge on any atom is 0.348 e. The molecule has 1 aromatic heterocycles. The molecule has 0 amide bonds. The van der Waals surface area contributed by atoms with Gasteiger partial charge in [-0.2, -0.15) is 0 Å². The van der Waals surface area contributed by atoms with Crippen molar-refractivity contribution >= 4 is 17.3 Å². The van der Waals surface area contributed by atoms with E-state index in [9.17, 15) is 20.1 Å². The zero-order valence-corrected chi connectivity index (χ0v) is 19.1. The van der Waals surface area contributed by atoms with Gasteiger partial charge in [0.05, 0.1) is 18.8 Å². The molecule has 8 atom stereocenters. The van der Waals surface area contributed by atoms with Gasteiger partial charge in [-0.1, -0.05) is 26.0 Å². The van der Waals surface area contributed by atoms with Gasteiger partial charge >= 0.3 is 5.97 Å². The van der Waals surface area contributed by atoms with Crippen LogP contribution in [-0.4, -0.2) is 46.7 Å². The van der Waals surface area contributed by atoms with Gasteiger partial charge in [0.15, 0.2) is 0 Å². The van der Waals surface area contributed by atoms with Crippen molar-refractivity contribution in [3.05, 3.63) is 34.5 Å². The van der Waals surface area contributed by atoms with E-state index < -0.39 is 17.6 Å². The summed E-state index contributed by atoms with van der Waals surface area (Å²) in [6, 6.07) is 3.62. The number of hydrogen-bond acceptors (Lipinski definition) is 6. The first-order chi connectivity index (χ1) is 14.8. The van der Waals surface area contributed by atoms with E-state index in [1.165, 1.54) is 11.3 Å². The Morgan fingerprint density at radius 3 is 2.77 bits per heavy atom. The number of esters is 1. The van der Waals surface area contributed by atoms with Crippen LogP contribution in [0.15, 0.2) is 29.7 Å². The molecule has 0 radical (unpaired) electrons. The number of aliphatic hydroxyl groups is 3. The molecule has 1 aromatic rings. The summed E-state index contributed by atoms with van der Waals surface area (Å²) in [6.45, 7) is 6.67. The summed E-state index contributed by atoms with van der Waals surface area (Å²) in [6.07, 6.45) is 4.58. The Kier molecular flexibility index (Phi) is 5.17. The monoisotopic (exact) mass is 446 g/mol. The van der Waals surface area contributed by atoms with Crippen LogP contribution < -0.4 is 0 Å². The highest BCUT2D eigenvalue weighted by Gasteiger charge is 2.70. The van der Waals surface area contributed by atoms with E-state index >= 15 is 0 Å². The van der Waals surface area contributed by atoms with Gasteiger partial charge in [0, 0.05) is 22.9 Å². The van der Waals surface area contributed by atoms with Crippen LogP contribution in [0.1, 0.15) is 61.5 Å². The van der Waals surface area contributed by atoms with Crippen molar-refractivity contribution in [1.29, 1.82) is 0 Å². The first-order valence-corrected chi connectivity index (χ1v) is 12.5. The topological polar surface area (TPSA) is 87.0 Å². The minimum atomic E-state index is -0.700. The van der Waals surface area contributed by atoms with Crippen molar-refractivity contribution in [2.24, 2.45) is 34.0 Å². The molecule has 1 heterocycles. The third-order valence-electron chi connectivity index (χ3n) is 9.73. The largest absolute Gasteiger partial charge is 0.461 e. The zero-order valence-electron chi connectivity index (χ0n) is 18.3. The Labute approximate surface area is 188 Å². The Balaban J connectivity index is 1.47. The number of carbonyl (C=O) groups is 1. The minimum Gasteiger partial charge on any atom is -0.461 e. The normalized spacial score (nSPS) is 46.3. The highest BCUT2D eigenvalue weighted by atomic mass is 32.1. The summed E-state index contributed by atoms with van der Waals surface area (Å²) in [7, 11) is 0. The fourth-order valence-electron chi connectivity index (χ4n) is 8.21. The van der Waals surface area contributed by atoms with E-state index in [1.807, 2.05) is 11.4 Å². The van der Waals surface area contributed by atoms with E-state index in [1.54, 1.807) is 6.07 Å². The Hall–Kier alpha value is -1.21. The summed E-state index contributed by atoms with van der Waals surface area (Å²) in [4.78, 5) is 13.1. The number of aliphatic hydroxyl groups excluding tert-OH is 3. The molecule has 6 heteroatoms. The maximum atomic E-state index is 12.5. The van der Waals surface area contributed by atoms with E-state index in [4.69, 9.17) is 4.74 Å². The van der Waals surface area contributed by atoms with Gasteiger partial charge in [0.25, 0.3) is 0 Å². The second kappa shape index (κ2) is 7.41. The standard InChI is InChI=1S/C25H34O5S/c1-15-16-6-9-25(21(15)28)19(11-16)24(13-26)8-4-7-23(2,18(24)12-20(25)27)14-30-22(29)17-5-3-10-31-17/h3,5,10,16,18-21,26-28H,1,4,6-9,11-14H2,2H3/t16-,18?,19?,20+,21-,23-,24-,25+/m0/s1. The fourth-order valence-corrected chi connectivity index (χ4v) is 8.83. The van der Waals surface area contributed by atoms with Crippen molar-refractivity contribution < 1.29 is 24.9 Å². The molecule has 31 heavy (non-hydrogen) atoms. The molecule has 0 aliphatic heterocycles. The molecule has 5 fully saturated rings. The summed E-state index contributed by atoms with van der Waals surface area (Å²) in [5.41, 5.74) is -0.398. The van der Waals surface area contributed by atoms with Gasteiger partial charge in [0.2, 0.25) is 0 Å². The van der Waals surface area contributed by atoms with Crippen LogP contribution in [0.2, 0.25) is 0 Å². The van der Waals surface area contributed by atoms with Gasteiger partial charge in [-0.15, -0.1) is 11.3 Å². The van der Waals surface area contributed by atoms with Crippen LogP contribution >= 0.6 is 11.3 Å². The van der Waals surface area contributed by atoms with Gasteiger partial charge in [0.1, 0.15) is 4.88 Å². The summed E-state index contributed by atoms with van der Waals surface area (Å²) >= 11 is 1.38. The number of hydrogen-bond donors (Lipinski definition) is 3. The van der Waals surface area contributed by atoms with Crippen molar-refractivity contribution in [3.8, 4) is 0 Å². The van der Waals surface area contributed by atoms with Crippen molar-refractivity contribution in [2.45, 2.75) is 64.1 Å². The quantitative estimate of drug-likeness (QED) is 0.484. The van der Waals surface area contributed by atoms with E-state index in [0.29, 0.717) is 17.9 Å². The lowest BCUT2D eigenvalue weighted by molar-refractivity contribution is -0.267. The number of carbonyl (C=O) groups excluding carboxylic acids is 1. The summed E-state index contributed by atoms with van der Waals surface area (Å²) in [5.74, 6) is 0.0692. The van der Waals surface area contributed by atoms with Gasteiger partial charge in [-0.25, -0.2) is 4.79 Å². The molecule has 5 aliphatic carbocycles. The zero-order chi connectivity index (χ0) is 22.0. The Morgan fingerprint density at radius 2 is 2.06 bits per heavy atom. The molecular formula is C25H34O5S. The SMILES string of the molecule is C=C1[C@H]2CC[C@]3(C(C2)[C@]2(CO)CCC[C@@](C)(COC(=O)c4cccs4)C2C[C@H]3O)[C@H]1O. The lowest BCUT2D eigenvalue weighted by Crippen LogP contribution is -2.71. The van der Waals surface area contributed by atoms with Crippen LogP contribution in [0.5, 0.6) is 0 Å². The van der Waals surface area contributed by atoms with Crippen molar-refractivity contribution in [2.75, 3.05) is 13.2 Å². The predicted octanol–water partition coefficient (Wildman–Crippen LogP) is 3.79. The third kappa shape index (κ3) is 2.87. The Morgan fingerprint density at radius 1 is 1.26 bits per heavy atom. The Bertz CT molecular complexity index is 867. The highest BCUT2D eigenvalue weighted by molar-refractivity contribution is 7.11. The smallest absolute Gasteiger partial charge is 0.348 e. The third-order valence-corrected chi connectivity index (χ3v) is 10.6. The van der Waals surface area contributed by atoms with Crippen LogP contribution in [0.25, 0.3) is 0 Å².